The van der Waals surface area contributed by atoms with E-state index in [4.69, 9.17) is 17.0 Å². The number of halogens is 2. The summed E-state index contributed by atoms with van der Waals surface area (Å²) in [6, 6.07) is 7.38. The van der Waals surface area contributed by atoms with E-state index in [-0.39, 0.29) is 24.0 Å². The molecular weight excluding hydrogens is 305 g/mol. The highest BCUT2D eigenvalue weighted by atomic mass is 127. The van der Waals surface area contributed by atoms with E-state index >= 15 is 0 Å². The number of hydrogen-bond donors (Lipinski definition) is 1. The molecule has 0 saturated carbocycles. The molecule has 0 heterocycles. The first kappa shape index (κ1) is 12.3. The Hall–Kier alpha value is 0.260. The van der Waals surface area contributed by atoms with Crippen molar-refractivity contribution in [3.8, 4) is 0 Å². The predicted molar refractivity (Wildman–Crippen MR) is 67.2 cm³/mol. The van der Waals surface area contributed by atoms with E-state index in [1.165, 1.54) is 11.8 Å². The van der Waals surface area contributed by atoms with Crippen molar-refractivity contribution >= 4 is 52.4 Å². The molecule has 0 atom stereocenters. The highest BCUT2D eigenvalue weighted by molar-refractivity contribution is 14.0. The van der Waals surface area contributed by atoms with Crippen LogP contribution in [0.4, 0.5) is 0 Å². The van der Waals surface area contributed by atoms with Gasteiger partial charge >= 0.3 is 0 Å². The SMILES string of the molecule is CSC(=N)c1ccccc1Cl.I. The van der Waals surface area contributed by atoms with Crippen LogP contribution in [0.25, 0.3) is 0 Å². The molecule has 0 aliphatic carbocycles. The summed E-state index contributed by atoms with van der Waals surface area (Å²) in [6.45, 7) is 0. The summed E-state index contributed by atoms with van der Waals surface area (Å²) in [5.74, 6) is 0. The maximum atomic E-state index is 7.50. The largest absolute Gasteiger partial charge is 0.293 e. The molecule has 0 fully saturated rings. The van der Waals surface area contributed by atoms with E-state index in [0.29, 0.717) is 10.1 Å². The molecule has 0 aromatic heterocycles. The van der Waals surface area contributed by atoms with E-state index < -0.39 is 0 Å². The van der Waals surface area contributed by atoms with Crippen LogP contribution in [-0.4, -0.2) is 11.3 Å². The van der Waals surface area contributed by atoms with E-state index in [2.05, 4.69) is 0 Å². The molecule has 0 bridgehead atoms. The van der Waals surface area contributed by atoms with Gasteiger partial charge in [-0.25, -0.2) is 0 Å². The molecule has 4 heteroatoms. The standard InChI is InChI=1S/C8H8ClNS.HI/c1-11-8(10)6-4-2-3-5-7(6)9;/h2-5,10H,1H3;1H. The molecule has 1 nitrogen and oxygen atoms in total. The van der Waals surface area contributed by atoms with Gasteiger partial charge in [0.05, 0.1) is 10.1 Å². The zero-order valence-corrected chi connectivity index (χ0v) is 10.4. The molecule has 1 N–H and O–H groups in total. The molecule has 66 valence electrons. The van der Waals surface area contributed by atoms with Gasteiger partial charge in [-0.15, -0.1) is 35.7 Å². The third kappa shape index (κ3) is 2.95. The quantitative estimate of drug-likeness (QED) is 0.477. The van der Waals surface area contributed by atoms with Gasteiger partial charge in [-0.3, -0.25) is 5.41 Å². The smallest absolute Gasteiger partial charge is 0.0954 e. The van der Waals surface area contributed by atoms with Gasteiger partial charge in [0, 0.05) is 5.56 Å². The van der Waals surface area contributed by atoms with Gasteiger partial charge < -0.3 is 0 Å². The second-order valence-corrected chi connectivity index (χ2v) is 3.24. The van der Waals surface area contributed by atoms with Gasteiger partial charge in [0.15, 0.2) is 0 Å². The van der Waals surface area contributed by atoms with Gasteiger partial charge in [-0.2, -0.15) is 0 Å². The summed E-state index contributed by atoms with van der Waals surface area (Å²) < 4.78 is 0. The molecule has 12 heavy (non-hydrogen) atoms. The van der Waals surface area contributed by atoms with Crippen LogP contribution >= 0.6 is 47.3 Å². The molecule has 0 unspecified atom stereocenters. The minimum absolute atomic E-state index is 0. The van der Waals surface area contributed by atoms with Crippen molar-refractivity contribution in [2.45, 2.75) is 0 Å². The molecule has 0 amide bonds. The van der Waals surface area contributed by atoms with Crippen LogP contribution in [0.3, 0.4) is 0 Å². The molecule has 0 radical (unpaired) electrons. The summed E-state index contributed by atoms with van der Waals surface area (Å²) in [5.41, 5.74) is 0.807. The highest BCUT2D eigenvalue weighted by Gasteiger charge is 2.02. The summed E-state index contributed by atoms with van der Waals surface area (Å²) in [5, 5.41) is 8.65. The second kappa shape index (κ2) is 5.83. The van der Waals surface area contributed by atoms with E-state index in [1.807, 2.05) is 24.5 Å². The van der Waals surface area contributed by atoms with Crippen LogP contribution in [0.1, 0.15) is 5.56 Å². The van der Waals surface area contributed by atoms with Crippen LogP contribution in [0.5, 0.6) is 0 Å². The molecule has 0 spiro atoms. The van der Waals surface area contributed by atoms with Crippen molar-refractivity contribution in [2.75, 3.05) is 6.26 Å². The van der Waals surface area contributed by atoms with Crippen molar-refractivity contribution in [1.29, 1.82) is 5.41 Å². The minimum atomic E-state index is 0. The van der Waals surface area contributed by atoms with E-state index in [9.17, 15) is 0 Å². The Kier molecular flexibility index (Phi) is 5.96. The number of hydrogen-bond acceptors (Lipinski definition) is 2. The lowest BCUT2D eigenvalue weighted by atomic mass is 10.2. The van der Waals surface area contributed by atoms with Crippen LogP contribution in [0, 0.1) is 5.41 Å². The Balaban J connectivity index is 0.00000121. The van der Waals surface area contributed by atoms with Crippen LogP contribution in [0.15, 0.2) is 24.3 Å². The molecule has 0 aliphatic rings. The normalized spacial score (nSPS) is 8.83. The van der Waals surface area contributed by atoms with Gasteiger partial charge in [0.25, 0.3) is 0 Å². The number of thioether (sulfide) groups is 1. The first-order valence-electron chi connectivity index (χ1n) is 3.13. The lowest BCUT2D eigenvalue weighted by molar-refractivity contribution is 1.53. The lowest BCUT2D eigenvalue weighted by Crippen LogP contribution is -1.92. The van der Waals surface area contributed by atoms with Crippen molar-refractivity contribution in [1.82, 2.24) is 0 Å². The molecule has 0 aliphatic heterocycles. The zero-order valence-electron chi connectivity index (χ0n) is 6.50. The molecule has 1 aromatic rings. The second-order valence-electron chi connectivity index (χ2n) is 2.01. The number of benzene rings is 1. The summed E-state index contributed by atoms with van der Waals surface area (Å²) in [6.07, 6.45) is 1.87. The Labute approximate surface area is 98.4 Å². The van der Waals surface area contributed by atoms with Gasteiger partial charge in [-0.05, 0) is 12.3 Å². The van der Waals surface area contributed by atoms with Crippen molar-refractivity contribution in [2.24, 2.45) is 0 Å². The Morgan fingerprint density at radius 3 is 2.50 bits per heavy atom. The Morgan fingerprint density at radius 2 is 2.00 bits per heavy atom. The maximum absolute atomic E-state index is 7.50. The fourth-order valence-electron chi connectivity index (χ4n) is 0.755. The average molecular weight is 314 g/mol. The van der Waals surface area contributed by atoms with E-state index in [1.54, 1.807) is 6.07 Å². The monoisotopic (exact) mass is 313 g/mol. The molecule has 1 aromatic carbocycles. The van der Waals surface area contributed by atoms with Gasteiger partial charge in [0.2, 0.25) is 0 Å². The fraction of sp³-hybridized carbons (Fsp3) is 0.125. The first-order chi connectivity index (χ1) is 5.25. The topological polar surface area (TPSA) is 23.9 Å². The predicted octanol–water partition coefficient (Wildman–Crippen LogP) is 3.65. The van der Waals surface area contributed by atoms with Crippen molar-refractivity contribution < 1.29 is 0 Å². The van der Waals surface area contributed by atoms with Crippen LogP contribution < -0.4 is 0 Å². The first-order valence-corrected chi connectivity index (χ1v) is 4.73. The third-order valence-electron chi connectivity index (χ3n) is 1.32. The molecular formula is C8H9ClINS. The average Bonchev–Trinajstić information content (AvgIpc) is 2.04. The minimum Gasteiger partial charge on any atom is -0.293 e. The van der Waals surface area contributed by atoms with Crippen LogP contribution in [0.2, 0.25) is 5.02 Å². The zero-order chi connectivity index (χ0) is 8.27. The van der Waals surface area contributed by atoms with Gasteiger partial charge in [0.1, 0.15) is 0 Å². The van der Waals surface area contributed by atoms with Gasteiger partial charge in [-0.1, -0.05) is 29.8 Å². The summed E-state index contributed by atoms with van der Waals surface area (Å²) in [7, 11) is 0. The Bertz CT molecular complexity index is 278. The fourth-order valence-corrected chi connectivity index (χ4v) is 1.44. The van der Waals surface area contributed by atoms with E-state index in [0.717, 1.165) is 5.56 Å². The number of nitrogens with one attached hydrogen (secondary N) is 1. The van der Waals surface area contributed by atoms with Crippen molar-refractivity contribution in [3.05, 3.63) is 34.9 Å². The lowest BCUT2D eigenvalue weighted by Gasteiger charge is -2.01. The van der Waals surface area contributed by atoms with Crippen LogP contribution in [-0.2, 0) is 0 Å². The summed E-state index contributed by atoms with van der Waals surface area (Å²) >= 11 is 7.23. The summed E-state index contributed by atoms with van der Waals surface area (Å²) in [4.78, 5) is 0. The highest BCUT2D eigenvalue weighted by Crippen LogP contribution is 2.18. The molecule has 1 rings (SSSR count). The maximum Gasteiger partial charge on any atom is 0.0954 e. The number of rotatable bonds is 1. The molecule has 0 saturated heterocycles. The third-order valence-corrected chi connectivity index (χ3v) is 2.28. The van der Waals surface area contributed by atoms with Crippen molar-refractivity contribution in [3.63, 3.8) is 0 Å². The Morgan fingerprint density at radius 1 is 1.42 bits per heavy atom.